The zero-order chi connectivity index (χ0) is 28.8. The van der Waals surface area contributed by atoms with Crippen molar-refractivity contribution in [1.82, 2.24) is 20.8 Å². The Kier molecular flexibility index (Phi) is 7.07. The summed E-state index contributed by atoms with van der Waals surface area (Å²) in [5, 5.41) is 30.7. The highest BCUT2D eigenvalue weighted by atomic mass is 16.5. The lowest BCUT2D eigenvalue weighted by Crippen LogP contribution is -2.42. The number of hydrogen-bond acceptors (Lipinski definition) is 11. The number of carbonyl (C=O) groups excluding carboxylic acids is 4. The highest BCUT2D eigenvalue weighted by Crippen LogP contribution is 2.57. The first kappa shape index (κ1) is 27.6. The van der Waals surface area contributed by atoms with Gasteiger partial charge in [0.05, 0.1) is 17.7 Å². The van der Waals surface area contributed by atoms with Gasteiger partial charge in [-0.2, -0.15) is 4.98 Å². The number of ether oxygens (including phenoxy) is 1. The van der Waals surface area contributed by atoms with E-state index in [0.29, 0.717) is 18.1 Å². The lowest BCUT2D eigenvalue weighted by atomic mass is 9.70. The van der Waals surface area contributed by atoms with Crippen LogP contribution in [-0.2, 0) is 26.2 Å². The van der Waals surface area contributed by atoms with Crippen LogP contribution in [-0.4, -0.2) is 56.7 Å². The lowest BCUT2D eigenvalue weighted by molar-refractivity contribution is -0.124. The van der Waals surface area contributed by atoms with Crippen molar-refractivity contribution in [2.45, 2.75) is 59.3 Å². The molecule has 0 radical (unpaired) electrons. The van der Waals surface area contributed by atoms with E-state index in [1.165, 1.54) is 27.7 Å². The van der Waals surface area contributed by atoms with Crippen LogP contribution in [0.4, 0.5) is 0 Å². The molecule has 2 aromatic rings. The molecule has 12 nitrogen and oxygen atoms in total. The zero-order valence-electron chi connectivity index (χ0n) is 22.5. The third kappa shape index (κ3) is 4.55. The molecule has 1 atom stereocenters. The van der Waals surface area contributed by atoms with Crippen molar-refractivity contribution in [3.05, 3.63) is 51.5 Å². The Morgan fingerprint density at radius 3 is 2.44 bits per heavy atom. The van der Waals surface area contributed by atoms with E-state index in [-0.39, 0.29) is 64.4 Å². The maximum atomic E-state index is 13.8. The van der Waals surface area contributed by atoms with Gasteiger partial charge in [0.2, 0.25) is 11.8 Å². The third-order valence-electron chi connectivity index (χ3n) is 6.94. The fraction of sp³-hybridized carbons (Fsp3) is 0.407. The van der Waals surface area contributed by atoms with Gasteiger partial charge in [0.1, 0.15) is 34.0 Å². The van der Waals surface area contributed by atoms with E-state index in [1.54, 1.807) is 0 Å². The van der Waals surface area contributed by atoms with Crippen molar-refractivity contribution >= 4 is 23.3 Å². The number of allylic oxidation sites excluding steroid dienone is 4. The minimum atomic E-state index is -1.63. The average Bonchev–Trinajstić information content (AvgIpc) is 3.45. The summed E-state index contributed by atoms with van der Waals surface area (Å²) in [4.78, 5) is 55.6. The molecule has 206 valence electrons. The largest absolute Gasteiger partial charge is 0.507 e. The molecule has 0 fully saturated rings. The van der Waals surface area contributed by atoms with E-state index in [4.69, 9.17) is 9.26 Å². The van der Waals surface area contributed by atoms with Gasteiger partial charge in [-0.05, 0) is 27.7 Å². The Morgan fingerprint density at radius 2 is 1.82 bits per heavy atom. The Labute approximate surface area is 224 Å². The van der Waals surface area contributed by atoms with Gasteiger partial charge in [-0.1, -0.05) is 19.0 Å². The van der Waals surface area contributed by atoms with Crippen LogP contribution in [0, 0.1) is 6.92 Å². The molecule has 2 aliphatic rings. The Hall–Kier alpha value is -4.48. The Balaban J connectivity index is 1.53. The van der Waals surface area contributed by atoms with E-state index in [1.807, 2.05) is 13.8 Å². The minimum absolute atomic E-state index is 0.00329. The number of amides is 1. The summed E-state index contributed by atoms with van der Waals surface area (Å²) in [5.41, 5.74) is -1.87. The summed E-state index contributed by atoms with van der Waals surface area (Å²) in [6.07, 6.45) is 1.46. The van der Waals surface area contributed by atoms with E-state index in [0.717, 1.165) is 6.08 Å². The molecule has 1 aliphatic carbocycles. The van der Waals surface area contributed by atoms with Crippen LogP contribution in [0.3, 0.4) is 0 Å². The zero-order valence-corrected chi connectivity index (χ0v) is 22.5. The van der Waals surface area contributed by atoms with Crippen LogP contribution in [0.25, 0.3) is 0 Å². The second-order valence-electron chi connectivity index (χ2n) is 10.0. The van der Waals surface area contributed by atoms with Gasteiger partial charge in [0.15, 0.2) is 23.2 Å². The average molecular weight is 539 g/mol. The standard InChI is InChI=1S/C27H30N4O8/c1-11(2)26-30-18(39-31-26)7-8-28-17(34)10-29-13(4)19-15(33)9-16-27(6,25(19)37)21-23(36)12(3)22(35)20(14(5)32)24(21)38-16/h9,11,29,35-36H,7-8,10H2,1-6H3,(H,28,34). The second-order valence-corrected chi connectivity index (χ2v) is 10.0. The molecule has 0 saturated heterocycles. The molecule has 4 rings (SSSR count). The number of hydrogen-bond donors (Lipinski definition) is 4. The highest BCUT2D eigenvalue weighted by Gasteiger charge is 2.56. The number of nitrogens with zero attached hydrogens (tertiary/aromatic N) is 2. The van der Waals surface area contributed by atoms with Gasteiger partial charge in [-0.25, -0.2) is 0 Å². The number of phenolic OH excluding ortho intramolecular Hbond substituents is 2. The summed E-state index contributed by atoms with van der Waals surface area (Å²) >= 11 is 0. The molecule has 4 N–H and O–H groups in total. The molecule has 1 amide bonds. The van der Waals surface area contributed by atoms with Crippen molar-refractivity contribution < 1.29 is 38.7 Å². The minimum Gasteiger partial charge on any atom is -0.507 e. The summed E-state index contributed by atoms with van der Waals surface area (Å²) in [7, 11) is 0. The molecular formula is C27H30N4O8. The SMILES string of the molecule is CC(=O)c1c(O)c(C)c(O)c2c1OC1=CC(=O)C(=C(C)NCC(=O)NCCc3nc(C(C)C)no3)C(=O)C12C. The van der Waals surface area contributed by atoms with Crippen LogP contribution >= 0.6 is 0 Å². The van der Waals surface area contributed by atoms with Crippen LogP contribution in [0.2, 0.25) is 0 Å². The molecule has 2 heterocycles. The maximum Gasteiger partial charge on any atom is 0.239 e. The Bertz CT molecular complexity index is 1480. The normalized spacial score (nSPS) is 19.3. The molecular weight excluding hydrogens is 508 g/mol. The number of aromatic nitrogens is 2. The van der Waals surface area contributed by atoms with Crippen molar-refractivity contribution in [3.63, 3.8) is 0 Å². The number of carbonyl (C=O) groups is 4. The number of nitrogens with one attached hydrogen (secondary N) is 2. The first-order valence-electron chi connectivity index (χ1n) is 12.4. The van der Waals surface area contributed by atoms with Crippen LogP contribution in [0.15, 0.2) is 27.6 Å². The van der Waals surface area contributed by atoms with Crippen LogP contribution in [0.5, 0.6) is 17.2 Å². The van der Waals surface area contributed by atoms with Crippen molar-refractivity contribution in [1.29, 1.82) is 0 Å². The van der Waals surface area contributed by atoms with Crippen LogP contribution in [0.1, 0.15) is 73.7 Å². The third-order valence-corrected chi connectivity index (χ3v) is 6.94. The maximum absolute atomic E-state index is 13.8. The molecule has 1 aromatic carbocycles. The van der Waals surface area contributed by atoms with Gasteiger partial charge < -0.3 is 30.1 Å². The fourth-order valence-electron chi connectivity index (χ4n) is 4.64. The van der Waals surface area contributed by atoms with Gasteiger partial charge in [-0.15, -0.1) is 0 Å². The lowest BCUT2D eigenvalue weighted by Gasteiger charge is -2.29. The summed E-state index contributed by atoms with van der Waals surface area (Å²) < 4.78 is 10.9. The number of Topliss-reactive ketones (excluding diaryl/α,β-unsaturated/α-hetero) is 2. The topological polar surface area (TPSA) is 181 Å². The molecule has 0 spiro atoms. The molecule has 0 bridgehead atoms. The Morgan fingerprint density at radius 1 is 1.13 bits per heavy atom. The number of ketones is 3. The quantitative estimate of drug-likeness (QED) is 0.219. The first-order chi connectivity index (χ1) is 18.3. The molecule has 1 unspecified atom stereocenters. The van der Waals surface area contributed by atoms with Gasteiger partial charge in [-0.3, -0.25) is 19.2 Å². The predicted molar refractivity (Wildman–Crippen MR) is 136 cm³/mol. The van der Waals surface area contributed by atoms with Crippen molar-refractivity contribution in [2.24, 2.45) is 0 Å². The number of phenols is 2. The monoisotopic (exact) mass is 538 g/mol. The predicted octanol–water partition coefficient (Wildman–Crippen LogP) is 2.02. The number of aromatic hydroxyl groups is 2. The van der Waals surface area contributed by atoms with Crippen molar-refractivity contribution in [3.8, 4) is 17.2 Å². The summed E-state index contributed by atoms with van der Waals surface area (Å²) in [6, 6.07) is 0. The number of rotatable bonds is 8. The smallest absolute Gasteiger partial charge is 0.239 e. The van der Waals surface area contributed by atoms with Crippen molar-refractivity contribution in [2.75, 3.05) is 13.1 Å². The number of fused-ring (bicyclic) bond motifs is 3. The summed E-state index contributed by atoms with van der Waals surface area (Å²) in [5.74, 6) is -2.25. The van der Waals surface area contributed by atoms with Gasteiger partial charge in [0.25, 0.3) is 0 Å². The molecule has 1 aromatic heterocycles. The molecule has 12 heteroatoms. The van der Waals surface area contributed by atoms with E-state index in [2.05, 4.69) is 20.8 Å². The number of benzene rings is 1. The van der Waals surface area contributed by atoms with Gasteiger partial charge in [0, 0.05) is 36.2 Å². The van der Waals surface area contributed by atoms with Crippen LogP contribution < -0.4 is 15.4 Å². The van der Waals surface area contributed by atoms with E-state index < -0.39 is 34.3 Å². The highest BCUT2D eigenvalue weighted by molar-refractivity contribution is 6.31. The second kappa shape index (κ2) is 10.0. The molecule has 1 aliphatic heterocycles. The van der Waals surface area contributed by atoms with Gasteiger partial charge >= 0.3 is 0 Å². The first-order valence-corrected chi connectivity index (χ1v) is 12.4. The van der Waals surface area contributed by atoms with E-state index >= 15 is 0 Å². The van der Waals surface area contributed by atoms with E-state index in [9.17, 15) is 29.4 Å². The summed E-state index contributed by atoms with van der Waals surface area (Å²) in [6.45, 7) is 9.50. The molecule has 39 heavy (non-hydrogen) atoms. The molecule has 0 saturated carbocycles. The fourth-order valence-corrected chi connectivity index (χ4v) is 4.64.